The summed E-state index contributed by atoms with van der Waals surface area (Å²) in [4.78, 5) is 12.0. The van der Waals surface area contributed by atoms with Crippen molar-refractivity contribution in [2.24, 2.45) is 5.92 Å². The third kappa shape index (κ3) is 4.28. The zero-order valence-corrected chi connectivity index (χ0v) is 11.4. The fraction of sp³-hybridized carbons (Fsp3) is 0.923. The zero-order valence-electron chi connectivity index (χ0n) is 11.4. The van der Waals surface area contributed by atoms with Gasteiger partial charge in [-0.2, -0.15) is 0 Å². The van der Waals surface area contributed by atoms with Crippen molar-refractivity contribution in [1.29, 1.82) is 0 Å². The van der Waals surface area contributed by atoms with Gasteiger partial charge in [-0.05, 0) is 39.0 Å². The summed E-state index contributed by atoms with van der Waals surface area (Å²) in [6.45, 7) is 8.60. The highest BCUT2D eigenvalue weighted by atomic mass is 16.5. The number of carbonyl (C=O) groups is 1. The monoisotopic (exact) mass is 243 g/mol. The molecule has 2 unspecified atom stereocenters. The molecule has 1 aliphatic heterocycles. The number of rotatable bonds is 5. The Morgan fingerprint density at radius 2 is 2.24 bits per heavy atom. The lowest BCUT2D eigenvalue weighted by Crippen LogP contribution is -2.49. The molecule has 17 heavy (non-hydrogen) atoms. The van der Waals surface area contributed by atoms with E-state index in [1.54, 1.807) is 6.92 Å². The first-order valence-corrected chi connectivity index (χ1v) is 6.40. The third-order valence-electron chi connectivity index (χ3n) is 3.18. The lowest BCUT2D eigenvalue weighted by atomic mass is 9.93. The van der Waals surface area contributed by atoms with Crippen LogP contribution >= 0.6 is 0 Å². The topological polar surface area (TPSA) is 58.6 Å². The van der Waals surface area contributed by atoms with Crippen LogP contribution in [0.2, 0.25) is 0 Å². The van der Waals surface area contributed by atoms with Crippen molar-refractivity contribution < 1.29 is 14.6 Å². The number of amides is 1. The Bertz CT molecular complexity index is 268. The largest absolute Gasteiger partial charge is 0.388 e. The molecule has 1 rings (SSSR count). The first-order valence-electron chi connectivity index (χ1n) is 6.40. The van der Waals surface area contributed by atoms with Gasteiger partial charge < -0.3 is 15.2 Å². The van der Waals surface area contributed by atoms with Crippen molar-refractivity contribution >= 4 is 5.91 Å². The number of ether oxygens (including phenoxy) is 1. The highest BCUT2D eigenvalue weighted by molar-refractivity contribution is 5.85. The lowest BCUT2D eigenvalue weighted by Gasteiger charge is -2.28. The van der Waals surface area contributed by atoms with Gasteiger partial charge in [0, 0.05) is 13.2 Å². The Kier molecular flexibility index (Phi) is 4.55. The summed E-state index contributed by atoms with van der Waals surface area (Å²) in [5, 5.41) is 12.9. The van der Waals surface area contributed by atoms with E-state index in [9.17, 15) is 9.90 Å². The molecule has 4 heteroatoms. The minimum atomic E-state index is -0.848. The molecule has 0 aromatic heterocycles. The van der Waals surface area contributed by atoms with Crippen LogP contribution in [0.4, 0.5) is 0 Å². The smallest absolute Gasteiger partial charge is 0.252 e. The SMILES string of the molecule is CC(C)CC(C)(O)CNC(=O)C1(C)CCCO1. The molecule has 100 valence electrons. The van der Waals surface area contributed by atoms with Gasteiger partial charge in [0.25, 0.3) is 5.91 Å². The fourth-order valence-electron chi connectivity index (χ4n) is 2.37. The highest BCUT2D eigenvalue weighted by Crippen LogP contribution is 2.25. The number of aliphatic hydroxyl groups is 1. The number of hydrogen-bond donors (Lipinski definition) is 2. The van der Waals surface area contributed by atoms with Gasteiger partial charge in [-0.3, -0.25) is 4.79 Å². The maximum absolute atomic E-state index is 12.0. The van der Waals surface area contributed by atoms with Crippen molar-refractivity contribution in [3.63, 3.8) is 0 Å². The second-order valence-electron chi connectivity index (χ2n) is 5.96. The van der Waals surface area contributed by atoms with Gasteiger partial charge in [-0.1, -0.05) is 13.8 Å². The molecule has 1 amide bonds. The predicted octanol–water partition coefficient (Wildman–Crippen LogP) is 1.47. The Hall–Kier alpha value is -0.610. The molecule has 4 nitrogen and oxygen atoms in total. The van der Waals surface area contributed by atoms with Gasteiger partial charge in [0.05, 0.1) is 5.60 Å². The van der Waals surface area contributed by atoms with Crippen LogP contribution in [0, 0.1) is 5.92 Å². The van der Waals surface area contributed by atoms with Gasteiger partial charge in [0.15, 0.2) is 0 Å². The molecule has 0 saturated carbocycles. The Morgan fingerprint density at radius 3 is 2.71 bits per heavy atom. The Balaban J connectivity index is 2.42. The maximum Gasteiger partial charge on any atom is 0.252 e. The molecule has 1 aliphatic rings. The molecular weight excluding hydrogens is 218 g/mol. The van der Waals surface area contributed by atoms with Gasteiger partial charge in [0.2, 0.25) is 0 Å². The average molecular weight is 243 g/mol. The molecule has 0 aromatic rings. The molecule has 0 spiro atoms. The van der Waals surface area contributed by atoms with E-state index in [0.29, 0.717) is 18.9 Å². The van der Waals surface area contributed by atoms with Crippen molar-refractivity contribution in [3.8, 4) is 0 Å². The average Bonchev–Trinajstić information content (AvgIpc) is 2.61. The summed E-state index contributed by atoms with van der Waals surface area (Å²) in [5.41, 5.74) is -1.55. The lowest BCUT2D eigenvalue weighted by molar-refractivity contribution is -0.140. The molecule has 0 aliphatic carbocycles. The highest BCUT2D eigenvalue weighted by Gasteiger charge is 2.38. The maximum atomic E-state index is 12.0. The van der Waals surface area contributed by atoms with Crippen LogP contribution < -0.4 is 5.32 Å². The van der Waals surface area contributed by atoms with Crippen LogP contribution in [0.5, 0.6) is 0 Å². The van der Waals surface area contributed by atoms with Gasteiger partial charge in [-0.25, -0.2) is 0 Å². The molecule has 1 fully saturated rings. The number of hydrogen-bond acceptors (Lipinski definition) is 3. The van der Waals surface area contributed by atoms with E-state index in [4.69, 9.17) is 4.74 Å². The minimum Gasteiger partial charge on any atom is -0.388 e. The van der Waals surface area contributed by atoms with E-state index in [2.05, 4.69) is 19.2 Å². The third-order valence-corrected chi connectivity index (χ3v) is 3.18. The van der Waals surface area contributed by atoms with E-state index >= 15 is 0 Å². The van der Waals surface area contributed by atoms with Crippen LogP contribution in [0.25, 0.3) is 0 Å². The molecule has 1 heterocycles. The van der Waals surface area contributed by atoms with Crippen LogP contribution in [0.1, 0.15) is 47.0 Å². The van der Waals surface area contributed by atoms with Crippen molar-refractivity contribution in [1.82, 2.24) is 5.32 Å². The van der Waals surface area contributed by atoms with Crippen LogP contribution in [0.3, 0.4) is 0 Å². The van der Waals surface area contributed by atoms with E-state index < -0.39 is 11.2 Å². The number of nitrogens with one attached hydrogen (secondary N) is 1. The standard InChI is InChI=1S/C13H25NO3/c1-10(2)8-12(3,16)9-14-11(15)13(4)6-5-7-17-13/h10,16H,5-9H2,1-4H3,(H,14,15). The van der Waals surface area contributed by atoms with Crippen molar-refractivity contribution in [2.75, 3.05) is 13.2 Å². The molecule has 0 aromatic carbocycles. The summed E-state index contributed by atoms with van der Waals surface area (Å²) in [6, 6.07) is 0. The quantitative estimate of drug-likeness (QED) is 0.768. The van der Waals surface area contributed by atoms with Gasteiger partial charge in [0.1, 0.15) is 5.60 Å². The van der Waals surface area contributed by atoms with Crippen molar-refractivity contribution in [3.05, 3.63) is 0 Å². The molecule has 0 bridgehead atoms. The fourth-order valence-corrected chi connectivity index (χ4v) is 2.37. The first kappa shape index (κ1) is 14.5. The first-order chi connectivity index (χ1) is 7.75. The second-order valence-corrected chi connectivity index (χ2v) is 5.96. The molecule has 1 saturated heterocycles. The predicted molar refractivity (Wildman–Crippen MR) is 66.7 cm³/mol. The normalized spacial score (nSPS) is 28.1. The molecule has 0 radical (unpaired) electrons. The van der Waals surface area contributed by atoms with Crippen LogP contribution in [-0.2, 0) is 9.53 Å². The molecule has 2 N–H and O–H groups in total. The van der Waals surface area contributed by atoms with Gasteiger partial charge in [-0.15, -0.1) is 0 Å². The van der Waals surface area contributed by atoms with Crippen LogP contribution in [-0.4, -0.2) is 35.4 Å². The van der Waals surface area contributed by atoms with E-state index in [0.717, 1.165) is 12.8 Å². The van der Waals surface area contributed by atoms with Crippen molar-refractivity contribution in [2.45, 2.75) is 58.2 Å². The Labute approximate surface area is 104 Å². The summed E-state index contributed by atoms with van der Waals surface area (Å²) in [6.07, 6.45) is 2.35. The second kappa shape index (κ2) is 5.36. The number of carbonyl (C=O) groups excluding carboxylic acids is 1. The molecular formula is C13H25NO3. The summed E-state index contributed by atoms with van der Waals surface area (Å²) in [7, 11) is 0. The minimum absolute atomic E-state index is 0.112. The van der Waals surface area contributed by atoms with Crippen LogP contribution in [0.15, 0.2) is 0 Å². The summed E-state index contributed by atoms with van der Waals surface area (Å²) in [5.74, 6) is 0.291. The summed E-state index contributed by atoms with van der Waals surface area (Å²) < 4.78 is 5.45. The van der Waals surface area contributed by atoms with Gasteiger partial charge >= 0.3 is 0 Å². The van der Waals surface area contributed by atoms with E-state index in [1.165, 1.54) is 0 Å². The summed E-state index contributed by atoms with van der Waals surface area (Å²) >= 11 is 0. The van der Waals surface area contributed by atoms with E-state index in [-0.39, 0.29) is 12.5 Å². The molecule has 2 atom stereocenters. The zero-order chi connectivity index (χ0) is 13.1. The Morgan fingerprint density at radius 1 is 1.59 bits per heavy atom. The van der Waals surface area contributed by atoms with E-state index in [1.807, 2.05) is 6.92 Å².